The van der Waals surface area contributed by atoms with E-state index in [1.807, 2.05) is 20.8 Å². The minimum Gasteiger partial charge on any atom is -0.487 e. The van der Waals surface area contributed by atoms with E-state index in [1.54, 1.807) is 15.8 Å². The van der Waals surface area contributed by atoms with Crippen molar-refractivity contribution in [2.45, 2.75) is 39.7 Å². The summed E-state index contributed by atoms with van der Waals surface area (Å²) in [6, 6.07) is 1.47. The summed E-state index contributed by atoms with van der Waals surface area (Å²) >= 11 is 0. The van der Waals surface area contributed by atoms with Crippen LogP contribution in [-0.2, 0) is 0 Å². The van der Waals surface area contributed by atoms with Gasteiger partial charge in [0.2, 0.25) is 5.43 Å². The average Bonchev–Trinajstić information content (AvgIpc) is 2.41. The molecule has 0 saturated heterocycles. The Bertz CT molecular complexity index is 551. The Kier molecular flexibility index (Phi) is 4.32. The maximum Gasteiger partial charge on any atom is 0.278 e. The molecule has 20 heavy (non-hydrogen) atoms. The number of pyridine rings is 1. The fraction of sp³-hybridized carbons (Fsp3) is 0.571. The smallest absolute Gasteiger partial charge is 0.278 e. The van der Waals surface area contributed by atoms with E-state index in [9.17, 15) is 9.59 Å². The molecule has 2 rings (SSSR count). The molecule has 110 valence electrons. The average molecular weight is 279 g/mol. The Hall–Kier alpha value is -1.98. The van der Waals surface area contributed by atoms with E-state index in [2.05, 4.69) is 5.43 Å². The molecule has 0 saturated carbocycles. The van der Waals surface area contributed by atoms with Gasteiger partial charge in [0.15, 0.2) is 11.4 Å². The molecule has 0 unspecified atom stereocenters. The van der Waals surface area contributed by atoms with Gasteiger partial charge in [-0.05, 0) is 20.3 Å². The zero-order chi connectivity index (χ0) is 14.7. The molecule has 2 heterocycles. The van der Waals surface area contributed by atoms with E-state index in [0.717, 1.165) is 12.8 Å². The van der Waals surface area contributed by atoms with Crippen molar-refractivity contribution in [3.8, 4) is 5.75 Å². The quantitative estimate of drug-likeness (QED) is 0.827. The molecule has 1 aliphatic heterocycles. The summed E-state index contributed by atoms with van der Waals surface area (Å²) in [5, 5.41) is 0. The molecular formula is C14H21N3O3. The number of ether oxygens (including phenoxy) is 1. The molecule has 0 aromatic carbocycles. The predicted molar refractivity (Wildman–Crippen MR) is 76.6 cm³/mol. The van der Waals surface area contributed by atoms with Crippen molar-refractivity contribution >= 4 is 5.91 Å². The van der Waals surface area contributed by atoms with Crippen molar-refractivity contribution in [2.24, 2.45) is 0 Å². The maximum absolute atomic E-state index is 12.5. The van der Waals surface area contributed by atoms with E-state index in [-0.39, 0.29) is 28.8 Å². The van der Waals surface area contributed by atoms with Gasteiger partial charge in [-0.1, -0.05) is 13.3 Å². The number of amides is 1. The lowest BCUT2D eigenvalue weighted by Crippen LogP contribution is -2.49. The predicted octanol–water partition coefficient (Wildman–Crippen LogP) is 1.39. The topological polar surface area (TPSA) is 63.6 Å². The van der Waals surface area contributed by atoms with Crippen LogP contribution >= 0.6 is 0 Å². The van der Waals surface area contributed by atoms with Crippen molar-refractivity contribution < 1.29 is 9.53 Å². The van der Waals surface area contributed by atoms with Gasteiger partial charge >= 0.3 is 0 Å². The summed E-state index contributed by atoms with van der Waals surface area (Å²) in [6.07, 6.45) is 3.39. The third-order valence-electron chi connectivity index (χ3n) is 3.30. The third-order valence-corrected chi connectivity index (χ3v) is 3.30. The number of fused-ring (bicyclic) bond motifs is 1. The van der Waals surface area contributed by atoms with Gasteiger partial charge in [0.1, 0.15) is 6.67 Å². The standard InChI is InChI=1S/C14H21N3O3/c1-4-5-8-20-13-11(18)6-7-17-12(13)14(19)16(9-15-17)10(2)3/h6-7,10,15H,4-5,8-9H2,1-3H3. The maximum atomic E-state index is 12.5. The first-order chi connectivity index (χ1) is 9.56. The van der Waals surface area contributed by atoms with Crippen LogP contribution in [0.3, 0.4) is 0 Å². The second kappa shape index (κ2) is 5.98. The molecule has 0 atom stereocenters. The molecule has 0 radical (unpaired) electrons. The van der Waals surface area contributed by atoms with Gasteiger partial charge in [-0.25, -0.2) is 0 Å². The second-order valence-electron chi connectivity index (χ2n) is 5.11. The number of nitrogens with one attached hydrogen (secondary N) is 1. The number of hydrogen-bond acceptors (Lipinski definition) is 4. The number of hydrogen-bond donors (Lipinski definition) is 1. The van der Waals surface area contributed by atoms with Gasteiger partial charge in [0.25, 0.3) is 5.91 Å². The summed E-state index contributed by atoms with van der Waals surface area (Å²) in [4.78, 5) is 26.1. The van der Waals surface area contributed by atoms with Gasteiger partial charge in [-0.15, -0.1) is 0 Å². The zero-order valence-electron chi connectivity index (χ0n) is 12.2. The minimum absolute atomic E-state index is 0.0579. The van der Waals surface area contributed by atoms with Crippen molar-refractivity contribution in [1.29, 1.82) is 0 Å². The number of rotatable bonds is 5. The molecule has 0 spiro atoms. The molecule has 6 nitrogen and oxygen atoms in total. The van der Waals surface area contributed by atoms with Crippen LogP contribution in [0.5, 0.6) is 5.75 Å². The molecular weight excluding hydrogens is 258 g/mol. The first-order valence-corrected chi connectivity index (χ1v) is 6.99. The molecule has 0 bridgehead atoms. The minimum atomic E-state index is -0.256. The number of carbonyl (C=O) groups excluding carboxylic acids is 1. The van der Waals surface area contributed by atoms with E-state index in [4.69, 9.17) is 4.74 Å². The van der Waals surface area contributed by atoms with E-state index < -0.39 is 0 Å². The molecule has 6 heteroatoms. The number of aromatic nitrogens is 1. The largest absolute Gasteiger partial charge is 0.487 e. The SMILES string of the molecule is CCCCOc1c2n(ccc1=O)NCN(C(C)C)C2=O. The van der Waals surface area contributed by atoms with Gasteiger partial charge in [0, 0.05) is 18.3 Å². The van der Waals surface area contributed by atoms with Gasteiger partial charge in [-0.3, -0.25) is 14.3 Å². The first kappa shape index (κ1) is 14.4. The number of unbranched alkanes of at least 4 members (excludes halogenated alkanes) is 1. The Morgan fingerprint density at radius 2 is 2.15 bits per heavy atom. The normalized spacial score (nSPS) is 14.2. The molecule has 1 N–H and O–H groups in total. The summed E-state index contributed by atoms with van der Waals surface area (Å²) < 4.78 is 7.13. The Morgan fingerprint density at radius 3 is 2.80 bits per heavy atom. The highest BCUT2D eigenvalue weighted by Crippen LogP contribution is 2.19. The zero-order valence-corrected chi connectivity index (χ0v) is 12.2. The number of nitrogens with zero attached hydrogens (tertiary/aromatic N) is 2. The molecule has 1 amide bonds. The lowest BCUT2D eigenvalue weighted by atomic mass is 10.2. The lowest BCUT2D eigenvalue weighted by molar-refractivity contribution is 0.0669. The van der Waals surface area contributed by atoms with Crippen molar-refractivity contribution in [2.75, 3.05) is 18.7 Å². The second-order valence-corrected chi connectivity index (χ2v) is 5.11. The van der Waals surface area contributed by atoms with Crippen LogP contribution < -0.4 is 15.6 Å². The first-order valence-electron chi connectivity index (χ1n) is 6.99. The summed E-state index contributed by atoms with van der Waals surface area (Å²) in [6.45, 7) is 6.78. The fourth-order valence-electron chi connectivity index (χ4n) is 2.09. The van der Waals surface area contributed by atoms with E-state index >= 15 is 0 Å². The van der Waals surface area contributed by atoms with E-state index in [1.165, 1.54) is 6.07 Å². The Balaban J connectivity index is 2.38. The van der Waals surface area contributed by atoms with Gasteiger partial charge in [-0.2, -0.15) is 0 Å². The molecule has 1 aromatic heterocycles. The van der Waals surface area contributed by atoms with Crippen LogP contribution in [0.2, 0.25) is 0 Å². The van der Waals surface area contributed by atoms with Crippen LogP contribution in [0.1, 0.15) is 44.1 Å². The van der Waals surface area contributed by atoms with Crippen LogP contribution in [0.15, 0.2) is 17.1 Å². The van der Waals surface area contributed by atoms with Crippen LogP contribution in [0, 0.1) is 0 Å². The molecule has 0 fully saturated rings. The van der Waals surface area contributed by atoms with Gasteiger partial charge in [0.05, 0.1) is 6.61 Å². The fourth-order valence-corrected chi connectivity index (χ4v) is 2.09. The van der Waals surface area contributed by atoms with Crippen LogP contribution in [0.4, 0.5) is 0 Å². The third kappa shape index (κ3) is 2.64. The molecule has 0 aliphatic carbocycles. The van der Waals surface area contributed by atoms with Crippen molar-refractivity contribution in [3.05, 3.63) is 28.2 Å². The highest BCUT2D eigenvalue weighted by atomic mass is 16.5. The lowest BCUT2D eigenvalue weighted by Gasteiger charge is -2.34. The monoisotopic (exact) mass is 279 g/mol. The van der Waals surface area contributed by atoms with Crippen LogP contribution in [-0.4, -0.2) is 34.8 Å². The Morgan fingerprint density at radius 1 is 1.40 bits per heavy atom. The van der Waals surface area contributed by atoms with Crippen molar-refractivity contribution in [3.63, 3.8) is 0 Å². The summed E-state index contributed by atoms with van der Waals surface area (Å²) in [7, 11) is 0. The summed E-state index contributed by atoms with van der Waals surface area (Å²) in [5.41, 5.74) is 3.11. The highest BCUT2D eigenvalue weighted by Gasteiger charge is 2.30. The highest BCUT2D eigenvalue weighted by molar-refractivity contribution is 5.96. The van der Waals surface area contributed by atoms with E-state index in [0.29, 0.717) is 13.3 Å². The van der Waals surface area contributed by atoms with Crippen molar-refractivity contribution in [1.82, 2.24) is 9.58 Å². The number of carbonyl (C=O) groups is 1. The molecule has 1 aliphatic rings. The Labute approximate surface area is 118 Å². The van der Waals surface area contributed by atoms with Gasteiger partial charge < -0.3 is 15.1 Å². The molecule has 1 aromatic rings. The van der Waals surface area contributed by atoms with Crippen LogP contribution in [0.25, 0.3) is 0 Å². The summed E-state index contributed by atoms with van der Waals surface area (Å²) in [5.74, 6) is -0.0354.